The van der Waals surface area contributed by atoms with Crippen molar-refractivity contribution in [1.82, 2.24) is 0 Å². The minimum atomic E-state index is -2.45. The zero-order valence-corrected chi connectivity index (χ0v) is 17.3. The van der Waals surface area contributed by atoms with Crippen molar-refractivity contribution in [1.29, 1.82) is 0 Å². The van der Waals surface area contributed by atoms with Crippen LogP contribution in [-0.2, 0) is 4.79 Å². The highest BCUT2D eigenvalue weighted by molar-refractivity contribution is 7.99. The van der Waals surface area contributed by atoms with Crippen molar-refractivity contribution < 1.29 is 23.2 Å². The quantitative estimate of drug-likeness (QED) is 0.674. The standard InChI is InChI=1S/C21H25F2N3O2S/c1-15(20(27)24-16-3-9-19(10-4-16)29-21(22)23)25-11-13-26(14-12-25)17-5-7-18(28-2)8-6-17/h3-10,15,21H,11-14H2,1-2H3,(H,24,27)/p+1/t15-/m1/s1. The summed E-state index contributed by atoms with van der Waals surface area (Å²) >= 11 is 0.494. The predicted octanol–water partition coefficient (Wildman–Crippen LogP) is 2.74. The number of alkyl halides is 2. The number of ether oxygens (including phenoxy) is 1. The maximum atomic E-state index is 12.6. The second-order valence-electron chi connectivity index (χ2n) is 6.96. The second kappa shape index (κ2) is 9.93. The fourth-order valence-electron chi connectivity index (χ4n) is 3.43. The number of hydrogen-bond donors (Lipinski definition) is 2. The van der Waals surface area contributed by atoms with E-state index in [0.29, 0.717) is 22.3 Å². The van der Waals surface area contributed by atoms with Gasteiger partial charge in [0.2, 0.25) is 0 Å². The Kier molecular flexibility index (Phi) is 7.33. The van der Waals surface area contributed by atoms with E-state index in [-0.39, 0.29) is 11.9 Å². The first-order chi connectivity index (χ1) is 14.0. The molecule has 0 unspecified atom stereocenters. The molecule has 0 bridgehead atoms. The largest absolute Gasteiger partial charge is 0.497 e. The fourth-order valence-corrected chi connectivity index (χ4v) is 3.93. The number of benzene rings is 2. The van der Waals surface area contributed by atoms with Gasteiger partial charge in [-0.1, -0.05) is 11.8 Å². The van der Waals surface area contributed by atoms with Crippen LogP contribution in [0.4, 0.5) is 20.2 Å². The average molecular weight is 423 g/mol. The van der Waals surface area contributed by atoms with E-state index in [9.17, 15) is 13.6 Å². The van der Waals surface area contributed by atoms with Crippen molar-refractivity contribution in [3.63, 3.8) is 0 Å². The normalized spacial score (nSPS) is 16.0. The zero-order valence-electron chi connectivity index (χ0n) is 16.5. The van der Waals surface area contributed by atoms with Crippen LogP contribution >= 0.6 is 11.8 Å². The van der Waals surface area contributed by atoms with Gasteiger partial charge in [-0.25, -0.2) is 0 Å². The molecule has 2 N–H and O–H groups in total. The first-order valence-corrected chi connectivity index (χ1v) is 10.4. The maximum Gasteiger partial charge on any atom is 0.288 e. The molecule has 1 saturated heterocycles. The molecular weight excluding hydrogens is 396 g/mol. The summed E-state index contributed by atoms with van der Waals surface area (Å²) in [6.45, 7) is 5.40. The molecule has 0 saturated carbocycles. The van der Waals surface area contributed by atoms with E-state index in [1.54, 1.807) is 31.4 Å². The molecule has 156 valence electrons. The average Bonchev–Trinajstić information content (AvgIpc) is 2.74. The lowest BCUT2D eigenvalue weighted by Crippen LogP contribution is -3.19. The van der Waals surface area contributed by atoms with Crippen LogP contribution in [0.15, 0.2) is 53.4 Å². The van der Waals surface area contributed by atoms with Crippen LogP contribution in [0.3, 0.4) is 0 Å². The topological polar surface area (TPSA) is 46.0 Å². The molecule has 0 aliphatic carbocycles. The van der Waals surface area contributed by atoms with E-state index < -0.39 is 5.76 Å². The Labute approximate surface area is 174 Å². The number of anilines is 2. The Morgan fingerprint density at radius 1 is 1.10 bits per heavy atom. The number of amides is 1. The molecule has 1 amide bonds. The second-order valence-corrected chi connectivity index (χ2v) is 8.02. The van der Waals surface area contributed by atoms with Crippen molar-refractivity contribution >= 4 is 29.0 Å². The number of thioether (sulfide) groups is 1. The molecule has 1 atom stereocenters. The Bertz CT molecular complexity index is 795. The molecule has 0 spiro atoms. The Morgan fingerprint density at radius 3 is 2.28 bits per heavy atom. The fraction of sp³-hybridized carbons (Fsp3) is 0.381. The van der Waals surface area contributed by atoms with Crippen LogP contribution in [0, 0.1) is 0 Å². The van der Waals surface area contributed by atoms with Crippen molar-refractivity contribution in [3.8, 4) is 5.75 Å². The summed E-state index contributed by atoms with van der Waals surface area (Å²) in [6, 6.07) is 14.3. The molecule has 1 aliphatic rings. The first-order valence-electron chi connectivity index (χ1n) is 9.55. The van der Waals surface area contributed by atoms with Gasteiger partial charge in [0, 0.05) is 16.3 Å². The van der Waals surface area contributed by atoms with Gasteiger partial charge in [0.1, 0.15) is 5.75 Å². The summed E-state index contributed by atoms with van der Waals surface area (Å²) in [5.41, 5.74) is 1.78. The molecule has 0 aromatic heterocycles. The lowest BCUT2D eigenvalue weighted by Gasteiger charge is -2.36. The number of quaternary nitrogens is 1. The number of rotatable bonds is 7. The number of methoxy groups -OCH3 is 1. The van der Waals surface area contributed by atoms with Crippen LogP contribution < -0.4 is 19.9 Å². The molecule has 2 aromatic rings. The number of carbonyl (C=O) groups excluding carboxylic acids is 1. The third-order valence-electron chi connectivity index (χ3n) is 5.20. The van der Waals surface area contributed by atoms with Crippen LogP contribution in [0.2, 0.25) is 0 Å². The molecule has 1 fully saturated rings. The number of nitrogens with zero attached hydrogens (tertiary/aromatic N) is 1. The van der Waals surface area contributed by atoms with E-state index in [1.165, 1.54) is 4.90 Å². The van der Waals surface area contributed by atoms with Crippen molar-refractivity contribution in [2.45, 2.75) is 23.6 Å². The molecule has 8 heteroatoms. The third-order valence-corrected chi connectivity index (χ3v) is 5.92. The summed E-state index contributed by atoms with van der Waals surface area (Å²) in [5.74, 6) is -1.67. The van der Waals surface area contributed by atoms with Gasteiger partial charge in [0.05, 0.1) is 33.3 Å². The van der Waals surface area contributed by atoms with Crippen molar-refractivity contribution in [3.05, 3.63) is 48.5 Å². The maximum absolute atomic E-state index is 12.6. The van der Waals surface area contributed by atoms with Gasteiger partial charge in [0.25, 0.3) is 11.7 Å². The lowest BCUT2D eigenvalue weighted by molar-refractivity contribution is -0.914. The van der Waals surface area contributed by atoms with Gasteiger partial charge >= 0.3 is 0 Å². The summed E-state index contributed by atoms with van der Waals surface area (Å²) in [5, 5.41) is 2.89. The Morgan fingerprint density at radius 2 is 1.72 bits per heavy atom. The van der Waals surface area contributed by atoms with Crippen LogP contribution in [0.25, 0.3) is 0 Å². The minimum Gasteiger partial charge on any atom is -0.497 e. The molecule has 5 nitrogen and oxygen atoms in total. The Balaban J connectivity index is 1.50. The van der Waals surface area contributed by atoms with Gasteiger partial charge in [-0.15, -0.1) is 0 Å². The van der Waals surface area contributed by atoms with E-state index in [0.717, 1.165) is 37.6 Å². The molecule has 1 heterocycles. The molecule has 1 aliphatic heterocycles. The molecular formula is C21H26F2N3O2S+. The molecule has 29 heavy (non-hydrogen) atoms. The smallest absolute Gasteiger partial charge is 0.288 e. The molecule has 3 rings (SSSR count). The Hall–Kier alpha value is -2.32. The third kappa shape index (κ3) is 5.83. The summed E-state index contributed by atoms with van der Waals surface area (Å²) in [6.07, 6.45) is 0. The summed E-state index contributed by atoms with van der Waals surface area (Å²) in [7, 11) is 1.65. The summed E-state index contributed by atoms with van der Waals surface area (Å²) < 4.78 is 30.0. The molecule has 0 radical (unpaired) electrons. The van der Waals surface area contributed by atoms with Gasteiger partial charge in [-0.2, -0.15) is 8.78 Å². The van der Waals surface area contributed by atoms with Gasteiger partial charge < -0.3 is 19.9 Å². The monoisotopic (exact) mass is 422 g/mol. The SMILES string of the molecule is COc1ccc(N2CC[NH+]([C@H](C)C(=O)Nc3ccc(SC(F)F)cc3)CC2)cc1. The van der Waals surface area contributed by atoms with E-state index >= 15 is 0 Å². The van der Waals surface area contributed by atoms with Crippen LogP contribution in [0.5, 0.6) is 5.75 Å². The number of nitrogens with one attached hydrogen (secondary N) is 2. The summed E-state index contributed by atoms with van der Waals surface area (Å²) in [4.78, 5) is 16.6. The number of hydrogen-bond acceptors (Lipinski definition) is 4. The number of halogens is 2. The van der Waals surface area contributed by atoms with Gasteiger partial charge in [-0.3, -0.25) is 4.79 Å². The highest BCUT2D eigenvalue weighted by Crippen LogP contribution is 2.26. The molecule has 2 aromatic carbocycles. The van der Waals surface area contributed by atoms with Gasteiger partial charge in [0.15, 0.2) is 6.04 Å². The van der Waals surface area contributed by atoms with Crippen molar-refractivity contribution in [2.24, 2.45) is 0 Å². The minimum absolute atomic E-state index is 0.0628. The van der Waals surface area contributed by atoms with Crippen LogP contribution in [-0.4, -0.2) is 51.0 Å². The van der Waals surface area contributed by atoms with Gasteiger partial charge in [-0.05, 0) is 55.5 Å². The number of carbonyl (C=O) groups is 1. The number of piperazine rings is 1. The highest BCUT2D eigenvalue weighted by atomic mass is 32.2. The van der Waals surface area contributed by atoms with Crippen molar-refractivity contribution in [2.75, 3.05) is 43.5 Å². The van der Waals surface area contributed by atoms with Crippen LogP contribution in [0.1, 0.15) is 6.92 Å². The van der Waals surface area contributed by atoms with E-state index in [1.807, 2.05) is 19.1 Å². The lowest BCUT2D eigenvalue weighted by atomic mass is 10.2. The first kappa shape index (κ1) is 21.4. The predicted molar refractivity (Wildman–Crippen MR) is 112 cm³/mol. The highest BCUT2D eigenvalue weighted by Gasteiger charge is 2.29. The zero-order chi connectivity index (χ0) is 20.8. The van der Waals surface area contributed by atoms with E-state index in [2.05, 4.69) is 22.3 Å². The van der Waals surface area contributed by atoms with E-state index in [4.69, 9.17) is 4.74 Å².